The third kappa shape index (κ3) is 6.06. The van der Waals surface area contributed by atoms with Crippen molar-refractivity contribution in [2.45, 2.75) is 12.8 Å². The molecule has 2 aromatic rings. The quantitative estimate of drug-likeness (QED) is 0.211. The van der Waals surface area contributed by atoms with Crippen LogP contribution < -0.4 is 9.47 Å². The lowest BCUT2D eigenvalue weighted by atomic mass is 10.2. The summed E-state index contributed by atoms with van der Waals surface area (Å²) in [5.41, 5.74) is -5.90. The van der Waals surface area contributed by atoms with E-state index in [0.29, 0.717) is 24.3 Å². The Morgan fingerprint density at radius 2 is 0.722 bits per heavy atom. The van der Waals surface area contributed by atoms with Crippen LogP contribution in [0.4, 0.5) is 34.1 Å². The molecule has 190 valence electrons. The SMILES string of the molecule is O=[N+]([O-])c1cc([N+](=O)[O-])c(OCCCCOc2c([N+](=O)[O-])cc([N+](=O)[O-])cc2[N+](=O)[O-])c([N+](=O)[O-])c1. The van der Waals surface area contributed by atoms with Gasteiger partial charge in [0, 0.05) is 0 Å². The number of unbranched alkanes of at least 4 members (excludes halogenated alkanes) is 1. The summed E-state index contributed by atoms with van der Waals surface area (Å²) < 4.78 is 10.2. The van der Waals surface area contributed by atoms with Crippen LogP contribution in [0.25, 0.3) is 0 Å². The summed E-state index contributed by atoms with van der Waals surface area (Å²) in [6.07, 6.45) is -0.0836. The van der Waals surface area contributed by atoms with Gasteiger partial charge in [-0.3, -0.25) is 60.7 Å². The highest BCUT2D eigenvalue weighted by atomic mass is 16.7. The highest BCUT2D eigenvalue weighted by Gasteiger charge is 2.33. The zero-order valence-corrected chi connectivity index (χ0v) is 17.5. The van der Waals surface area contributed by atoms with E-state index in [1.54, 1.807) is 0 Å². The van der Waals surface area contributed by atoms with Crippen LogP contribution in [0.1, 0.15) is 12.8 Å². The summed E-state index contributed by atoms with van der Waals surface area (Å²) in [4.78, 5) is 60.1. The topological polar surface area (TPSA) is 277 Å². The molecule has 0 aliphatic carbocycles. The molecule has 2 aromatic carbocycles. The van der Waals surface area contributed by atoms with E-state index in [9.17, 15) is 60.7 Å². The highest BCUT2D eigenvalue weighted by Crippen LogP contribution is 2.41. The van der Waals surface area contributed by atoms with Gasteiger partial charge in [0.05, 0.1) is 67.0 Å². The first-order valence-electron chi connectivity index (χ1n) is 9.33. The van der Waals surface area contributed by atoms with Crippen LogP contribution in [0, 0.1) is 60.7 Å². The molecule has 20 heteroatoms. The average Bonchev–Trinajstić information content (AvgIpc) is 2.79. The molecule has 0 heterocycles. The monoisotopic (exact) mass is 512 g/mol. The molecular weight excluding hydrogens is 500 g/mol. The second kappa shape index (κ2) is 11.0. The van der Waals surface area contributed by atoms with Crippen molar-refractivity contribution in [1.29, 1.82) is 0 Å². The lowest BCUT2D eigenvalue weighted by Gasteiger charge is -2.09. The Morgan fingerprint density at radius 3 is 0.917 bits per heavy atom. The van der Waals surface area contributed by atoms with Crippen molar-refractivity contribution in [2.75, 3.05) is 13.2 Å². The Hall–Kier alpha value is -5.56. The third-order valence-corrected chi connectivity index (χ3v) is 4.31. The van der Waals surface area contributed by atoms with Crippen LogP contribution in [0.5, 0.6) is 11.5 Å². The molecule has 0 spiro atoms. The Labute approximate surface area is 196 Å². The van der Waals surface area contributed by atoms with E-state index in [4.69, 9.17) is 9.47 Å². The molecule has 0 aliphatic heterocycles. The molecule has 0 N–H and O–H groups in total. The molecule has 0 saturated carbocycles. The van der Waals surface area contributed by atoms with Crippen molar-refractivity contribution < 1.29 is 39.0 Å². The van der Waals surface area contributed by atoms with Crippen molar-refractivity contribution in [3.05, 3.63) is 85.0 Å². The van der Waals surface area contributed by atoms with Gasteiger partial charge in [0.2, 0.25) is 0 Å². The summed E-state index contributed by atoms with van der Waals surface area (Å²) in [5.74, 6) is -1.67. The van der Waals surface area contributed by atoms with Crippen molar-refractivity contribution in [3.8, 4) is 11.5 Å². The van der Waals surface area contributed by atoms with Crippen molar-refractivity contribution in [1.82, 2.24) is 0 Å². The van der Waals surface area contributed by atoms with Gasteiger partial charge in [-0.15, -0.1) is 0 Å². The zero-order valence-electron chi connectivity index (χ0n) is 17.5. The molecule has 0 aliphatic rings. The Balaban J connectivity index is 2.15. The minimum Gasteiger partial charge on any atom is -0.482 e. The molecular formula is C16H12N6O14. The third-order valence-electron chi connectivity index (χ3n) is 4.31. The summed E-state index contributed by atoms with van der Waals surface area (Å²) >= 11 is 0. The maximum absolute atomic E-state index is 11.2. The molecule has 0 unspecified atom stereocenters. The molecule has 0 fully saturated rings. The standard InChI is InChI=1S/C16H12N6O14/c23-17(24)9-5-11(19(27)28)15(12(6-9)20(29)30)35-3-1-2-4-36-16-13(21(31)32)7-10(18(25)26)8-14(16)22(33)34/h5-8H,1-4H2. The van der Waals surface area contributed by atoms with E-state index < -0.39 is 88.4 Å². The lowest BCUT2D eigenvalue weighted by Crippen LogP contribution is -2.08. The van der Waals surface area contributed by atoms with E-state index in [-0.39, 0.29) is 12.8 Å². The minimum absolute atomic E-state index is 0.0418. The highest BCUT2D eigenvalue weighted by molar-refractivity contribution is 5.66. The van der Waals surface area contributed by atoms with E-state index in [0.717, 1.165) is 0 Å². The lowest BCUT2D eigenvalue weighted by molar-refractivity contribution is -0.404. The van der Waals surface area contributed by atoms with Gasteiger partial charge >= 0.3 is 22.7 Å². The predicted molar refractivity (Wildman–Crippen MR) is 113 cm³/mol. The van der Waals surface area contributed by atoms with Gasteiger partial charge in [-0.05, 0) is 12.8 Å². The van der Waals surface area contributed by atoms with Crippen molar-refractivity contribution >= 4 is 34.1 Å². The van der Waals surface area contributed by atoms with Gasteiger partial charge in [0.15, 0.2) is 0 Å². The van der Waals surface area contributed by atoms with Crippen LogP contribution in [-0.4, -0.2) is 42.8 Å². The van der Waals surface area contributed by atoms with Gasteiger partial charge in [0.1, 0.15) is 0 Å². The average molecular weight is 512 g/mol. The van der Waals surface area contributed by atoms with Crippen LogP contribution in [0.15, 0.2) is 24.3 Å². The Bertz CT molecular complexity index is 1110. The fourth-order valence-corrected chi connectivity index (χ4v) is 2.77. The molecule has 36 heavy (non-hydrogen) atoms. The molecule has 0 saturated heterocycles. The van der Waals surface area contributed by atoms with Crippen LogP contribution in [-0.2, 0) is 0 Å². The second-order valence-corrected chi connectivity index (χ2v) is 6.57. The largest absolute Gasteiger partial charge is 0.482 e. The number of nitro benzene ring substituents is 6. The van der Waals surface area contributed by atoms with E-state index in [1.807, 2.05) is 0 Å². The molecule has 0 radical (unpaired) electrons. The van der Waals surface area contributed by atoms with Crippen LogP contribution >= 0.6 is 0 Å². The zero-order chi connectivity index (χ0) is 27.2. The van der Waals surface area contributed by atoms with Gasteiger partial charge in [-0.2, -0.15) is 0 Å². The van der Waals surface area contributed by atoms with Crippen molar-refractivity contribution in [3.63, 3.8) is 0 Å². The van der Waals surface area contributed by atoms with Crippen LogP contribution in [0.2, 0.25) is 0 Å². The molecule has 0 aromatic heterocycles. The van der Waals surface area contributed by atoms with Gasteiger partial charge < -0.3 is 9.47 Å². The first-order chi connectivity index (χ1) is 16.8. The van der Waals surface area contributed by atoms with Gasteiger partial charge in [0.25, 0.3) is 22.9 Å². The second-order valence-electron chi connectivity index (χ2n) is 6.57. The maximum atomic E-state index is 11.2. The summed E-state index contributed by atoms with van der Waals surface area (Å²) in [6.45, 7) is -0.819. The number of rotatable bonds is 13. The summed E-state index contributed by atoms with van der Waals surface area (Å²) in [7, 11) is 0. The number of benzene rings is 2. The molecule has 0 atom stereocenters. The van der Waals surface area contributed by atoms with Crippen LogP contribution in [0.3, 0.4) is 0 Å². The summed E-state index contributed by atoms with van der Waals surface area (Å²) in [6, 6.07) is 1.94. The van der Waals surface area contributed by atoms with E-state index in [1.165, 1.54) is 0 Å². The van der Waals surface area contributed by atoms with Gasteiger partial charge in [-0.25, -0.2) is 0 Å². The number of nitro groups is 6. The Kier molecular flexibility index (Phi) is 8.19. The van der Waals surface area contributed by atoms with E-state index in [2.05, 4.69) is 0 Å². The first-order valence-corrected chi connectivity index (χ1v) is 9.33. The number of ether oxygens (including phenoxy) is 2. The fraction of sp³-hybridized carbons (Fsp3) is 0.250. The molecule has 2 rings (SSSR count). The number of non-ortho nitro benzene ring substituents is 2. The van der Waals surface area contributed by atoms with E-state index >= 15 is 0 Å². The maximum Gasteiger partial charge on any atom is 0.325 e. The van der Waals surface area contributed by atoms with Crippen molar-refractivity contribution in [2.24, 2.45) is 0 Å². The number of hydrogen-bond acceptors (Lipinski definition) is 14. The number of hydrogen-bond donors (Lipinski definition) is 0. The molecule has 0 bridgehead atoms. The summed E-state index contributed by atoms with van der Waals surface area (Å²) in [5, 5.41) is 66.6. The van der Waals surface area contributed by atoms with Gasteiger partial charge in [-0.1, -0.05) is 0 Å². The first kappa shape index (κ1) is 26.7. The predicted octanol–water partition coefficient (Wildman–Crippen LogP) is 3.37. The smallest absolute Gasteiger partial charge is 0.325 e. The normalized spacial score (nSPS) is 10.3. The fourth-order valence-electron chi connectivity index (χ4n) is 2.77. The number of nitrogens with zero attached hydrogens (tertiary/aromatic N) is 6. The minimum atomic E-state index is -1.11. The molecule has 0 amide bonds. The Morgan fingerprint density at radius 1 is 0.472 bits per heavy atom. The molecule has 20 nitrogen and oxygen atoms in total.